The zero-order valence-corrected chi connectivity index (χ0v) is 18.0. The first-order valence-electron chi connectivity index (χ1n) is 8.32. The molecule has 1 aliphatic heterocycles. The maximum atomic E-state index is 12.0. The van der Waals surface area contributed by atoms with Gasteiger partial charge in [0, 0.05) is 38.4 Å². The standard InChI is InChI=1S/C15H30N4O3S.HI/c1-4-16-15(18-13(2)8-12-23(3,21)22)17-9-7-14(20)19-10-5-6-11-19;/h13H,4-12H2,1-3H3,(H2,16,17,18);1H. The van der Waals surface area contributed by atoms with E-state index in [1.54, 1.807) is 0 Å². The SMILES string of the molecule is CCNC(=NCCC(=O)N1CCCC1)NC(C)CCS(C)(=O)=O.I. The molecule has 7 nitrogen and oxygen atoms in total. The van der Waals surface area contributed by atoms with Gasteiger partial charge < -0.3 is 15.5 Å². The van der Waals surface area contributed by atoms with Crippen LogP contribution in [0.2, 0.25) is 0 Å². The number of sulfone groups is 1. The summed E-state index contributed by atoms with van der Waals surface area (Å²) in [6, 6.07) is -0.00295. The molecule has 0 aliphatic carbocycles. The van der Waals surface area contributed by atoms with Crippen LogP contribution in [0.1, 0.15) is 39.5 Å². The van der Waals surface area contributed by atoms with Gasteiger partial charge in [0.25, 0.3) is 0 Å². The predicted molar refractivity (Wildman–Crippen MR) is 109 cm³/mol. The van der Waals surface area contributed by atoms with Crippen LogP contribution in [-0.4, -0.2) is 69.4 Å². The van der Waals surface area contributed by atoms with Crippen LogP contribution in [0.15, 0.2) is 4.99 Å². The second kappa shape index (κ2) is 11.9. The summed E-state index contributed by atoms with van der Waals surface area (Å²) < 4.78 is 22.4. The Morgan fingerprint density at radius 3 is 2.46 bits per heavy atom. The molecular formula is C15H31IN4O3S. The first-order valence-corrected chi connectivity index (χ1v) is 10.4. The molecule has 142 valence electrons. The number of aliphatic imine (C=N–C) groups is 1. The van der Waals surface area contributed by atoms with Gasteiger partial charge in [-0.1, -0.05) is 0 Å². The van der Waals surface area contributed by atoms with Crippen LogP contribution in [-0.2, 0) is 14.6 Å². The Balaban J connectivity index is 0.00000529. The molecule has 1 fully saturated rings. The zero-order valence-electron chi connectivity index (χ0n) is 14.9. The van der Waals surface area contributed by atoms with E-state index in [2.05, 4.69) is 15.6 Å². The van der Waals surface area contributed by atoms with Crippen LogP contribution >= 0.6 is 24.0 Å². The summed E-state index contributed by atoms with van der Waals surface area (Å²) in [6.45, 7) is 6.77. The van der Waals surface area contributed by atoms with Crippen molar-refractivity contribution in [2.75, 3.05) is 38.2 Å². The van der Waals surface area contributed by atoms with Gasteiger partial charge in [0.05, 0.1) is 12.3 Å². The summed E-state index contributed by atoms with van der Waals surface area (Å²) in [5, 5.41) is 6.30. The number of rotatable bonds is 8. The Kier molecular flexibility index (Phi) is 11.6. The Bertz CT molecular complexity index is 505. The van der Waals surface area contributed by atoms with E-state index in [0.29, 0.717) is 31.9 Å². The minimum absolute atomic E-state index is 0. The molecule has 0 aromatic rings. The van der Waals surface area contributed by atoms with Crippen LogP contribution in [0.25, 0.3) is 0 Å². The Morgan fingerprint density at radius 1 is 1.29 bits per heavy atom. The van der Waals surface area contributed by atoms with Crippen molar-refractivity contribution < 1.29 is 13.2 Å². The van der Waals surface area contributed by atoms with E-state index < -0.39 is 9.84 Å². The number of amides is 1. The van der Waals surface area contributed by atoms with E-state index in [4.69, 9.17) is 0 Å². The van der Waals surface area contributed by atoms with Gasteiger partial charge in [-0.3, -0.25) is 9.79 Å². The fourth-order valence-electron chi connectivity index (χ4n) is 2.40. The van der Waals surface area contributed by atoms with Crippen LogP contribution in [0.5, 0.6) is 0 Å². The molecule has 1 saturated heterocycles. The Hall–Kier alpha value is -0.580. The lowest BCUT2D eigenvalue weighted by Gasteiger charge is -2.18. The minimum Gasteiger partial charge on any atom is -0.357 e. The second-order valence-electron chi connectivity index (χ2n) is 6.06. The van der Waals surface area contributed by atoms with E-state index >= 15 is 0 Å². The van der Waals surface area contributed by atoms with Crippen molar-refractivity contribution in [2.24, 2.45) is 4.99 Å². The minimum atomic E-state index is -2.96. The van der Waals surface area contributed by atoms with Crippen LogP contribution in [0, 0.1) is 0 Å². The van der Waals surface area contributed by atoms with Crippen LogP contribution < -0.4 is 10.6 Å². The lowest BCUT2D eigenvalue weighted by Crippen LogP contribution is -2.43. The molecule has 0 spiro atoms. The highest BCUT2D eigenvalue weighted by Crippen LogP contribution is 2.08. The van der Waals surface area contributed by atoms with Crippen molar-refractivity contribution in [3.63, 3.8) is 0 Å². The molecule has 0 saturated carbocycles. The predicted octanol–water partition coefficient (Wildman–Crippen LogP) is 0.995. The second-order valence-corrected chi connectivity index (χ2v) is 8.32. The molecule has 24 heavy (non-hydrogen) atoms. The fraction of sp³-hybridized carbons (Fsp3) is 0.867. The highest BCUT2D eigenvalue weighted by atomic mass is 127. The van der Waals surface area contributed by atoms with Crippen molar-refractivity contribution >= 4 is 45.7 Å². The molecule has 1 unspecified atom stereocenters. The zero-order chi connectivity index (χ0) is 17.3. The normalized spacial score (nSPS) is 16.5. The van der Waals surface area contributed by atoms with Gasteiger partial charge in [-0.25, -0.2) is 8.42 Å². The molecule has 2 N–H and O–H groups in total. The summed E-state index contributed by atoms with van der Waals surface area (Å²) in [5.41, 5.74) is 0. The molecule has 0 aromatic heterocycles. The lowest BCUT2D eigenvalue weighted by atomic mass is 10.3. The summed E-state index contributed by atoms with van der Waals surface area (Å²) in [7, 11) is -2.96. The molecule has 0 aromatic carbocycles. The number of hydrogen-bond donors (Lipinski definition) is 2. The Morgan fingerprint density at radius 2 is 1.92 bits per heavy atom. The number of guanidine groups is 1. The number of likely N-dealkylation sites (tertiary alicyclic amines) is 1. The largest absolute Gasteiger partial charge is 0.357 e. The lowest BCUT2D eigenvalue weighted by molar-refractivity contribution is -0.129. The summed E-state index contributed by atoms with van der Waals surface area (Å²) in [4.78, 5) is 18.3. The molecule has 1 heterocycles. The van der Waals surface area contributed by atoms with E-state index in [9.17, 15) is 13.2 Å². The van der Waals surface area contributed by atoms with Gasteiger partial charge >= 0.3 is 0 Å². The van der Waals surface area contributed by atoms with E-state index in [0.717, 1.165) is 25.9 Å². The van der Waals surface area contributed by atoms with Gasteiger partial charge in [0.15, 0.2) is 5.96 Å². The summed E-state index contributed by atoms with van der Waals surface area (Å²) in [5.74, 6) is 0.934. The van der Waals surface area contributed by atoms with E-state index in [-0.39, 0.29) is 41.7 Å². The van der Waals surface area contributed by atoms with E-state index in [1.807, 2.05) is 18.7 Å². The maximum Gasteiger partial charge on any atom is 0.224 e. The van der Waals surface area contributed by atoms with Crippen molar-refractivity contribution in [1.82, 2.24) is 15.5 Å². The number of halogens is 1. The first-order chi connectivity index (χ1) is 10.8. The topological polar surface area (TPSA) is 90.9 Å². The monoisotopic (exact) mass is 474 g/mol. The molecule has 1 aliphatic rings. The molecule has 1 amide bonds. The van der Waals surface area contributed by atoms with Crippen molar-refractivity contribution in [3.05, 3.63) is 0 Å². The molecule has 1 atom stereocenters. The smallest absolute Gasteiger partial charge is 0.224 e. The van der Waals surface area contributed by atoms with E-state index in [1.165, 1.54) is 6.26 Å². The maximum absolute atomic E-state index is 12.0. The fourth-order valence-corrected chi connectivity index (χ4v) is 3.19. The number of nitrogens with zero attached hydrogens (tertiary/aromatic N) is 2. The number of nitrogens with one attached hydrogen (secondary N) is 2. The first kappa shape index (κ1) is 23.4. The van der Waals surface area contributed by atoms with Crippen molar-refractivity contribution in [1.29, 1.82) is 0 Å². The third-order valence-electron chi connectivity index (χ3n) is 3.70. The highest BCUT2D eigenvalue weighted by molar-refractivity contribution is 14.0. The van der Waals surface area contributed by atoms with Gasteiger partial charge in [-0.05, 0) is 33.1 Å². The van der Waals surface area contributed by atoms with Gasteiger partial charge in [-0.15, -0.1) is 24.0 Å². The van der Waals surface area contributed by atoms with Gasteiger partial charge in [0.1, 0.15) is 9.84 Å². The van der Waals surface area contributed by atoms with Crippen LogP contribution in [0.4, 0.5) is 0 Å². The summed E-state index contributed by atoms with van der Waals surface area (Å²) >= 11 is 0. The number of hydrogen-bond acceptors (Lipinski definition) is 4. The number of carbonyl (C=O) groups excluding carboxylic acids is 1. The highest BCUT2D eigenvalue weighted by Gasteiger charge is 2.17. The third kappa shape index (κ3) is 10.3. The van der Waals surface area contributed by atoms with Crippen molar-refractivity contribution in [3.8, 4) is 0 Å². The summed E-state index contributed by atoms with van der Waals surface area (Å²) in [6.07, 6.45) is 4.36. The number of carbonyl (C=O) groups is 1. The quantitative estimate of drug-likeness (QED) is 0.311. The average Bonchev–Trinajstić information content (AvgIpc) is 2.98. The Labute approximate surface area is 163 Å². The molecule has 0 bridgehead atoms. The van der Waals surface area contributed by atoms with Crippen molar-refractivity contribution in [2.45, 2.75) is 45.6 Å². The van der Waals surface area contributed by atoms with Gasteiger partial charge in [-0.2, -0.15) is 0 Å². The molecule has 0 radical (unpaired) electrons. The van der Waals surface area contributed by atoms with Gasteiger partial charge in [0.2, 0.25) is 5.91 Å². The molecule has 1 rings (SSSR count). The molecular weight excluding hydrogens is 443 g/mol. The van der Waals surface area contributed by atoms with Crippen LogP contribution in [0.3, 0.4) is 0 Å². The average molecular weight is 474 g/mol. The third-order valence-corrected chi connectivity index (χ3v) is 4.68. The molecule has 9 heteroatoms.